The number of halogens is 2. The summed E-state index contributed by atoms with van der Waals surface area (Å²) in [5.74, 6) is -2.76. The van der Waals surface area contributed by atoms with E-state index in [1.165, 1.54) is 39.0 Å². The normalized spacial score (nSPS) is 33.3. The van der Waals surface area contributed by atoms with E-state index in [1.54, 1.807) is 39.0 Å². The average molecular weight is 1670 g/mol. The summed E-state index contributed by atoms with van der Waals surface area (Å²) in [4.78, 5) is 105. The monoisotopic (exact) mass is 1670 g/mol. The predicted octanol–water partition coefficient (Wildman–Crippen LogP) is 12.5. The Morgan fingerprint density at radius 2 is 0.767 bits per heavy atom. The van der Waals surface area contributed by atoms with E-state index in [1.807, 2.05) is 78.0 Å². The number of carboxylic acid groups (broad SMARTS) is 2. The van der Waals surface area contributed by atoms with Gasteiger partial charge >= 0.3 is 29.8 Å². The highest BCUT2D eigenvalue weighted by atomic mass is 35.5. The third-order valence-corrected chi connectivity index (χ3v) is 22.7. The van der Waals surface area contributed by atoms with Gasteiger partial charge in [0.1, 0.15) is 24.1 Å². The van der Waals surface area contributed by atoms with E-state index in [0.29, 0.717) is 51.6 Å². The molecule has 0 unspecified atom stereocenters. The molecular weight excluding hydrogens is 1540 g/mol. The number of amides is 3. The number of ketones is 1. The number of carbonyl (C=O) groups is 9. The lowest BCUT2D eigenvalue weighted by atomic mass is 9.86. The zero-order valence-corrected chi connectivity index (χ0v) is 72.4. The topological polar surface area (TPSA) is 366 Å². The van der Waals surface area contributed by atoms with Crippen LogP contribution in [0.4, 0.5) is 0 Å². The number of hydrogen-bond donors (Lipinski definition) is 7. The number of esters is 3. The summed E-state index contributed by atoms with van der Waals surface area (Å²) in [5, 5.41) is 48.8. The van der Waals surface area contributed by atoms with Crippen molar-refractivity contribution in [1.82, 2.24) is 16.0 Å². The summed E-state index contributed by atoms with van der Waals surface area (Å²) in [6, 6.07) is -0.342. The van der Waals surface area contributed by atoms with Crippen LogP contribution in [0.5, 0.6) is 0 Å². The molecule has 7 heterocycles. The van der Waals surface area contributed by atoms with E-state index in [9.17, 15) is 53.4 Å². The molecule has 7 aliphatic rings. The average Bonchev–Trinajstić information content (AvgIpc) is 1.62. The number of carbonyl (C=O) groups excluding carboxylic acids is 7. The SMILES string of the molecule is CC(=O)O[C@@H](C)/C=C\C(=O)N[C@@H]1C[C@H](C)[C@H](C/C=C(C)/C=C/[C@@H]2C[C@](O)(CCl)C[C@@H](CC(=O)O)O2)O[C@@H]1C.CC(=O)O[C@@H](C)/C=C\C(=O)N[C@@H]1C[C@H](C)[C@H](C/C=C(C)/C=C/[C@@H]2C[C@]3(CO3)C[C@@H](CC(=O)O)O2)O[C@@H]1C.CCCCC(=O)C[C@@H]1C[C@@](O)(CCl)C[C@@H](/C=C/C(C)=C/C[C@@H]2O[C@H](C)[C@H](NC(=O)/C=C\[C@H](C)OC(C)=O)C[C@@H]2C)O1. The van der Waals surface area contributed by atoms with Gasteiger partial charge in [0.15, 0.2) is 0 Å². The van der Waals surface area contributed by atoms with Gasteiger partial charge in [0.2, 0.25) is 17.7 Å². The standard InChI is InChI=1S/C32H50ClNO7.C28H42ClNO8.C28H41NO8/c1-7-8-9-26(36)17-28-19-32(38,20-33)18-27(41-28)13-10-21(2)11-14-30-22(3)16-29(24(5)40-30)34-31(37)15-12-23(4)39-25(6)35;1-17(6-9-22-14-28(35,16-29)15-23(38-22)13-27(33)34)7-10-25-18(2)12-24(20(4)37-25)30-26(32)11-8-19(3)36-21(5)31;1-17(6-9-22-14-28(16-34-28)15-23(37-22)13-27(32)33)7-10-25-18(2)12-24(20(4)36-25)29-26(31)11-8-19(3)35-21(5)30/h10-13,15,22-24,27-30,38H,7-9,14,16-20H2,1-6H3,(H,34,37);6-9,11,18-20,22-25,35H,10,12-16H2,1-5H3,(H,30,32)(H,33,34);6-9,11,18-20,22-25H,10,12-16H2,1-5H3,(H,29,31)(H,32,33)/b13-10+,15-12-,21-11+;2*9-6+,11-8-,17-7+/t22-,23-,24+,27+,28+,29+,30-,32+;2*18-,19-,20+,22+,23+,24+,25-,28+/m000/s1. The minimum absolute atomic E-state index is 0.00625. The minimum Gasteiger partial charge on any atom is -0.481 e. The van der Waals surface area contributed by atoms with Gasteiger partial charge in [0.25, 0.3) is 0 Å². The summed E-state index contributed by atoms with van der Waals surface area (Å²) in [6.45, 7) is 30.0. The molecule has 0 aromatic carbocycles. The molecule has 7 fully saturated rings. The Balaban J connectivity index is 0.000000311. The second-order valence-electron chi connectivity index (χ2n) is 33.1. The van der Waals surface area contributed by atoms with Gasteiger partial charge < -0.3 is 83.7 Å². The lowest BCUT2D eigenvalue weighted by Gasteiger charge is -2.39. The number of allylic oxidation sites excluding steroid dienone is 6. The van der Waals surface area contributed by atoms with Crippen LogP contribution in [0.15, 0.2) is 108 Å². The minimum atomic E-state index is -1.16. The summed E-state index contributed by atoms with van der Waals surface area (Å²) < 4.78 is 57.4. The molecule has 26 nitrogen and oxygen atoms in total. The summed E-state index contributed by atoms with van der Waals surface area (Å²) >= 11 is 12.0. The van der Waals surface area contributed by atoms with Crippen molar-refractivity contribution >= 4 is 76.6 Å². The first-order chi connectivity index (χ1) is 54.6. The molecule has 0 aliphatic carbocycles. The van der Waals surface area contributed by atoms with Gasteiger partial charge in [-0.15, -0.1) is 23.2 Å². The molecule has 7 rings (SSSR count). The number of hydrogen-bond acceptors (Lipinski definition) is 21. The van der Waals surface area contributed by atoms with E-state index in [2.05, 4.69) is 61.9 Å². The Morgan fingerprint density at radius 1 is 0.457 bits per heavy atom. The molecule has 7 aliphatic heterocycles. The van der Waals surface area contributed by atoms with Crippen molar-refractivity contribution < 1.29 is 111 Å². The van der Waals surface area contributed by atoms with Crippen molar-refractivity contribution in [2.75, 3.05) is 18.4 Å². The van der Waals surface area contributed by atoms with Gasteiger partial charge in [-0.3, -0.25) is 43.2 Å². The predicted molar refractivity (Wildman–Crippen MR) is 441 cm³/mol. The maximum Gasteiger partial charge on any atom is 0.305 e. The summed E-state index contributed by atoms with van der Waals surface area (Å²) in [6.07, 6.45) is 32.6. The van der Waals surface area contributed by atoms with Gasteiger partial charge in [0.05, 0.1) is 139 Å². The molecule has 1 spiro atoms. The van der Waals surface area contributed by atoms with Crippen molar-refractivity contribution in [3.63, 3.8) is 0 Å². The van der Waals surface area contributed by atoms with Crippen LogP contribution >= 0.6 is 23.2 Å². The maximum absolute atomic E-state index is 12.4. The van der Waals surface area contributed by atoms with Crippen molar-refractivity contribution in [3.05, 3.63) is 108 Å². The number of ether oxygens (including phenoxy) is 10. The number of epoxide rings is 1. The van der Waals surface area contributed by atoms with E-state index in [0.717, 1.165) is 68.1 Å². The van der Waals surface area contributed by atoms with Crippen LogP contribution < -0.4 is 16.0 Å². The zero-order chi connectivity index (χ0) is 86.2. The molecule has 7 saturated heterocycles. The van der Waals surface area contributed by atoms with Gasteiger partial charge in [-0.05, 0) is 143 Å². The van der Waals surface area contributed by atoms with Crippen LogP contribution in [0.25, 0.3) is 0 Å². The first-order valence-electron chi connectivity index (χ1n) is 41.2. The van der Waals surface area contributed by atoms with Crippen LogP contribution in [0.3, 0.4) is 0 Å². The highest BCUT2D eigenvalue weighted by molar-refractivity contribution is 6.18. The van der Waals surface area contributed by atoms with Crippen LogP contribution in [0.2, 0.25) is 0 Å². The van der Waals surface area contributed by atoms with Crippen LogP contribution in [-0.2, 0) is 90.5 Å². The third kappa shape index (κ3) is 37.7. The van der Waals surface area contributed by atoms with E-state index < -0.39 is 65.6 Å². The van der Waals surface area contributed by atoms with Crippen LogP contribution in [-0.4, -0.2) is 219 Å². The van der Waals surface area contributed by atoms with E-state index in [-0.39, 0.29) is 163 Å². The first-order valence-corrected chi connectivity index (χ1v) is 42.3. The largest absolute Gasteiger partial charge is 0.481 e. The molecule has 3 amide bonds. The fourth-order valence-electron chi connectivity index (χ4n) is 15.3. The number of unbranched alkanes of at least 4 members (excludes halogenated alkanes) is 1. The van der Waals surface area contributed by atoms with Crippen LogP contribution in [0, 0.1) is 17.8 Å². The Morgan fingerprint density at radius 3 is 1.06 bits per heavy atom. The number of rotatable bonds is 35. The number of aliphatic carboxylic acids is 2. The molecular formula is C88H133Cl2N3O23. The van der Waals surface area contributed by atoms with Crippen molar-refractivity contribution in [2.45, 2.75) is 353 Å². The second-order valence-corrected chi connectivity index (χ2v) is 33.7. The number of Topliss-reactive ketones (excluding diaryl/α,β-unsaturated/α-hetero) is 1. The summed E-state index contributed by atoms with van der Waals surface area (Å²) in [7, 11) is 0. The van der Waals surface area contributed by atoms with Gasteiger partial charge in [-0.1, -0.05) is 106 Å². The smallest absolute Gasteiger partial charge is 0.305 e. The van der Waals surface area contributed by atoms with Gasteiger partial charge in [-0.25, -0.2) is 0 Å². The van der Waals surface area contributed by atoms with Crippen molar-refractivity contribution in [3.8, 4) is 0 Å². The van der Waals surface area contributed by atoms with Gasteiger partial charge in [0, 0.05) is 90.4 Å². The lowest BCUT2D eigenvalue weighted by Crippen LogP contribution is -2.50. The highest BCUT2D eigenvalue weighted by Gasteiger charge is 2.52. The quantitative estimate of drug-likeness (QED) is 0.00774. The van der Waals surface area contributed by atoms with Crippen LogP contribution in [0.1, 0.15) is 226 Å². The molecule has 0 bridgehead atoms. The lowest BCUT2D eigenvalue weighted by molar-refractivity contribution is -0.151. The molecule has 652 valence electrons. The third-order valence-electron chi connectivity index (χ3n) is 21.8. The molecule has 0 aromatic heterocycles. The Bertz CT molecular complexity index is 3510. The number of alkyl halides is 2. The molecule has 7 N–H and O–H groups in total. The summed E-state index contributed by atoms with van der Waals surface area (Å²) in [5.41, 5.74) is 0.710. The van der Waals surface area contributed by atoms with E-state index >= 15 is 0 Å². The number of nitrogens with one attached hydrogen (secondary N) is 3. The maximum atomic E-state index is 12.4. The van der Waals surface area contributed by atoms with Crippen molar-refractivity contribution in [2.24, 2.45) is 17.8 Å². The number of aliphatic hydroxyl groups is 2. The Hall–Kier alpha value is -6.69. The fourth-order valence-corrected chi connectivity index (χ4v) is 15.8. The molecule has 0 aromatic rings. The second kappa shape index (κ2) is 49.1. The molecule has 28 heteroatoms. The molecule has 0 saturated carbocycles. The number of carboxylic acids is 2. The molecule has 0 radical (unpaired) electrons. The Kier molecular flexibility index (Phi) is 42.3. The van der Waals surface area contributed by atoms with Gasteiger partial charge in [-0.2, -0.15) is 0 Å². The van der Waals surface area contributed by atoms with E-state index in [4.69, 9.17) is 80.8 Å². The highest BCUT2D eigenvalue weighted by Crippen LogP contribution is 2.44. The first kappa shape index (κ1) is 99.9. The zero-order valence-electron chi connectivity index (χ0n) is 70.9. The fraction of sp³-hybridized carbons (Fsp3) is 0.693. The molecule has 116 heavy (non-hydrogen) atoms. The Labute approximate surface area is 696 Å². The molecule has 24 atom stereocenters. The van der Waals surface area contributed by atoms with Crippen molar-refractivity contribution in [1.29, 1.82) is 0 Å².